The van der Waals surface area contributed by atoms with Gasteiger partial charge in [-0.15, -0.1) is 0 Å². The number of hydrogen-bond acceptors (Lipinski definition) is 3. The van der Waals surface area contributed by atoms with Crippen LogP contribution in [0.25, 0.3) is 10.9 Å². The number of anilines is 1. The normalized spacial score (nSPS) is 10.8. The van der Waals surface area contributed by atoms with Crippen molar-refractivity contribution in [2.24, 2.45) is 0 Å². The SMILES string of the molecule is Nc1ccc(Sc2cccc(F)c2)c2ncccc12. The molecule has 3 rings (SSSR count). The summed E-state index contributed by atoms with van der Waals surface area (Å²) in [4.78, 5) is 6.18. The van der Waals surface area contributed by atoms with Crippen LogP contribution in [-0.2, 0) is 0 Å². The third kappa shape index (κ3) is 2.39. The molecule has 2 N–H and O–H groups in total. The average molecular weight is 270 g/mol. The Bertz CT molecular complexity index is 743. The van der Waals surface area contributed by atoms with Crippen molar-refractivity contribution in [3.05, 3.63) is 60.5 Å². The number of hydrogen-bond donors (Lipinski definition) is 1. The van der Waals surface area contributed by atoms with Crippen LogP contribution in [0.15, 0.2) is 64.5 Å². The molecule has 0 aliphatic rings. The molecule has 3 aromatic rings. The first-order chi connectivity index (χ1) is 9.24. The van der Waals surface area contributed by atoms with Crippen molar-refractivity contribution >= 4 is 28.4 Å². The summed E-state index contributed by atoms with van der Waals surface area (Å²) in [7, 11) is 0. The number of nitrogen functional groups attached to an aromatic ring is 1. The molecule has 0 aliphatic carbocycles. The second-order valence-corrected chi connectivity index (χ2v) is 5.23. The molecule has 0 fully saturated rings. The van der Waals surface area contributed by atoms with Crippen molar-refractivity contribution in [1.82, 2.24) is 4.98 Å². The number of aromatic nitrogens is 1. The summed E-state index contributed by atoms with van der Waals surface area (Å²) in [6.07, 6.45) is 1.73. The minimum atomic E-state index is -0.238. The Morgan fingerprint density at radius 2 is 1.95 bits per heavy atom. The summed E-state index contributed by atoms with van der Waals surface area (Å²) >= 11 is 1.48. The highest BCUT2D eigenvalue weighted by molar-refractivity contribution is 7.99. The van der Waals surface area contributed by atoms with Crippen molar-refractivity contribution in [1.29, 1.82) is 0 Å². The topological polar surface area (TPSA) is 38.9 Å². The van der Waals surface area contributed by atoms with Gasteiger partial charge in [-0.25, -0.2) is 4.39 Å². The molecule has 0 saturated carbocycles. The molecule has 0 atom stereocenters. The van der Waals surface area contributed by atoms with Crippen LogP contribution in [-0.4, -0.2) is 4.98 Å². The Labute approximate surface area is 114 Å². The minimum absolute atomic E-state index is 0.238. The summed E-state index contributed by atoms with van der Waals surface area (Å²) in [5, 5.41) is 0.920. The first-order valence-corrected chi connectivity index (χ1v) is 6.62. The zero-order valence-electron chi connectivity index (χ0n) is 10.0. The molecular formula is C15H11FN2S. The molecule has 2 nitrogen and oxygen atoms in total. The van der Waals surface area contributed by atoms with Crippen LogP contribution in [0.4, 0.5) is 10.1 Å². The van der Waals surface area contributed by atoms with Gasteiger partial charge < -0.3 is 5.73 Å². The van der Waals surface area contributed by atoms with Gasteiger partial charge in [0.05, 0.1) is 5.52 Å². The second-order valence-electron chi connectivity index (χ2n) is 4.11. The van der Waals surface area contributed by atoms with Gasteiger partial charge >= 0.3 is 0 Å². The van der Waals surface area contributed by atoms with E-state index < -0.39 is 0 Å². The maximum atomic E-state index is 13.2. The van der Waals surface area contributed by atoms with Crippen LogP contribution in [0.5, 0.6) is 0 Å². The summed E-state index contributed by atoms with van der Waals surface area (Å²) in [5.41, 5.74) is 7.48. The van der Waals surface area contributed by atoms with Gasteiger partial charge in [0.2, 0.25) is 0 Å². The summed E-state index contributed by atoms with van der Waals surface area (Å²) in [6, 6.07) is 14.1. The van der Waals surface area contributed by atoms with Crippen LogP contribution >= 0.6 is 11.8 Å². The molecule has 0 saturated heterocycles. The molecule has 94 valence electrons. The number of nitrogens with zero attached hydrogens (tertiary/aromatic N) is 1. The fraction of sp³-hybridized carbons (Fsp3) is 0. The molecule has 19 heavy (non-hydrogen) atoms. The lowest BCUT2D eigenvalue weighted by Crippen LogP contribution is -1.90. The number of benzene rings is 2. The first kappa shape index (κ1) is 12.0. The lowest BCUT2D eigenvalue weighted by molar-refractivity contribution is 0.624. The maximum absolute atomic E-state index is 13.2. The van der Waals surface area contributed by atoms with E-state index in [1.807, 2.05) is 30.3 Å². The zero-order chi connectivity index (χ0) is 13.2. The molecule has 0 radical (unpaired) electrons. The number of nitrogens with two attached hydrogens (primary N) is 1. The standard InChI is InChI=1S/C15H11FN2S/c16-10-3-1-4-11(9-10)19-14-7-6-13(17)12-5-2-8-18-15(12)14/h1-9H,17H2. The highest BCUT2D eigenvalue weighted by Crippen LogP contribution is 2.34. The summed E-state index contributed by atoms with van der Waals surface area (Å²) in [5.74, 6) is -0.238. The van der Waals surface area contributed by atoms with E-state index in [9.17, 15) is 4.39 Å². The number of halogens is 1. The van der Waals surface area contributed by atoms with Gasteiger partial charge in [-0.1, -0.05) is 17.8 Å². The van der Waals surface area contributed by atoms with Crippen LogP contribution in [0.1, 0.15) is 0 Å². The van der Waals surface area contributed by atoms with E-state index in [1.54, 1.807) is 12.3 Å². The van der Waals surface area contributed by atoms with Crippen LogP contribution in [0, 0.1) is 5.82 Å². The third-order valence-electron chi connectivity index (χ3n) is 2.79. The molecule has 1 heterocycles. The first-order valence-electron chi connectivity index (χ1n) is 5.81. The van der Waals surface area contributed by atoms with Gasteiger partial charge in [0.1, 0.15) is 5.82 Å². The minimum Gasteiger partial charge on any atom is -0.398 e. The number of rotatable bonds is 2. The van der Waals surface area contributed by atoms with E-state index in [0.717, 1.165) is 20.7 Å². The Morgan fingerprint density at radius 3 is 2.79 bits per heavy atom. The van der Waals surface area contributed by atoms with Crippen molar-refractivity contribution < 1.29 is 4.39 Å². The molecule has 4 heteroatoms. The van der Waals surface area contributed by atoms with Crippen molar-refractivity contribution in [2.75, 3.05) is 5.73 Å². The van der Waals surface area contributed by atoms with Crippen LogP contribution in [0.2, 0.25) is 0 Å². The third-order valence-corrected chi connectivity index (χ3v) is 3.83. The van der Waals surface area contributed by atoms with E-state index in [-0.39, 0.29) is 5.82 Å². The van der Waals surface area contributed by atoms with Crippen LogP contribution < -0.4 is 5.73 Å². The molecular weight excluding hydrogens is 259 g/mol. The fourth-order valence-corrected chi connectivity index (χ4v) is 2.88. The quantitative estimate of drug-likeness (QED) is 0.712. The van der Waals surface area contributed by atoms with Crippen molar-refractivity contribution in [2.45, 2.75) is 9.79 Å². The molecule has 0 unspecified atom stereocenters. The maximum Gasteiger partial charge on any atom is 0.124 e. The summed E-state index contributed by atoms with van der Waals surface area (Å²) in [6.45, 7) is 0. The fourth-order valence-electron chi connectivity index (χ4n) is 1.91. The highest BCUT2D eigenvalue weighted by atomic mass is 32.2. The van der Waals surface area contributed by atoms with E-state index >= 15 is 0 Å². The largest absolute Gasteiger partial charge is 0.398 e. The van der Waals surface area contributed by atoms with Gasteiger partial charge in [-0.3, -0.25) is 4.98 Å². The Morgan fingerprint density at radius 1 is 1.05 bits per heavy atom. The Balaban J connectivity index is 2.09. The molecule has 0 amide bonds. The van der Waals surface area contributed by atoms with E-state index in [1.165, 1.54) is 23.9 Å². The number of fused-ring (bicyclic) bond motifs is 1. The number of pyridine rings is 1. The highest BCUT2D eigenvalue weighted by Gasteiger charge is 2.07. The van der Waals surface area contributed by atoms with E-state index in [2.05, 4.69) is 4.98 Å². The predicted octanol–water partition coefficient (Wildman–Crippen LogP) is 4.11. The Kier molecular flexibility index (Phi) is 3.09. The molecule has 1 aromatic heterocycles. The van der Waals surface area contributed by atoms with Crippen LogP contribution in [0.3, 0.4) is 0 Å². The van der Waals surface area contributed by atoms with E-state index in [0.29, 0.717) is 5.69 Å². The molecule has 0 spiro atoms. The van der Waals surface area contributed by atoms with Gasteiger partial charge in [-0.2, -0.15) is 0 Å². The monoisotopic (exact) mass is 270 g/mol. The summed E-state index contributed by atoms with van der Waals surface area (Å²) < 4.78 is 13.2. The van der Waals surface area contributed by atoms with Gasteiger partial charge in [0, 0.05) is 27.1 Å². The zero-order valence-corrected chi connectivity index (χ0v) is 10.8. The van der Waals surface area contributed by atoms with Crippen molar-refractivity contribution in [3.8, 4) is 0 Å². The van der Waals surface area contributed by atoms with Gasteiger partial charge in [0.15, 0.2) is 0 Å². The Hall–Kier alpha value is -2.07. The predicted molar refractivity (Wildman–Crippen MR) is 76.7 cm³/mol. The lowest BCUT2D eigenvalue weighted by atomic mass is 10.2. The average Bonchev–Trinajstić information content (AvgIpc) is 2.42. The van der Waals surface area contributed by atoms with E-state index in [4.69, 9.17) is 5.73 Å². The van der Waals surface area contributed by atoms with Gasteiger partial charge in [0.25, 0.3) is 0 Å². The van der Waals surface area contributed by atoms with Gasteiger partial charge in [-0.05, 0) is 42.5 Å². The lowest BCUT2D eigenvalue weighted by Gasteiger charge is -2.07. The molecule has 2 aromatic carbocycles. The second kappa shape index (κ2) is 4.90. The van der Waals surface area contributed by atoms with Crippen molar-refractivity contribution in [3.63, 3.8) is 0 Å². The molecule has 0 bridgehead atoms. The molecule has 0 aliphatic heterocycles. The smallest absolute Gasteiger partial charge is 0.124 e.